The lowest BCUT2D eigenvalue weighted by Gasteiger charge is -2.07. The van der Waals surface area contributed by atoms with Crippen LogP contribution in [-0.4, -0.2) is 28.8 Å². The Morgan fingerprint density at radius 1 is 1.50 bits per heavy atom. The number of carboxylic acid groups (broad SMARTS) is 1. The van der Waals surface area contributed by atoms with Crippen molar-refractivity contribution >= 4 is 5.97 Å². The van der Waals surface area contributed by atoms with Gasteiger partial charge in [0.1, 0.15) is 0 Å². The zero-order chi connectivity index (χ0) is 12.2. The standard InChI is InChI=1S/C9H8F3NO3/c10-9(11,12)2-4-16-7-5-6(8(14)15)1-3-13-7/h1,3,5H,2,4H2,(H,14,15). The molecule has 0 aliphatic rings. The van der Waals surface area contributed by atoms with E-state index in [0.29, 0.717) is 0 Å². The Morgan fingerprint density at radius 3 is 2.75 bits per heavy atom. The van der Waals surface area contributed by atoms with Gasteiger partial charge in [0, 0.05) is 12.3 Å². The summed E-state index contributed by atoms with van der Waals surface area (Å²) in [4.78, 5) is 14.1. The zero-order valence-corrected chi connectivity index (χ0v) is 7.99. The third-order valence-electron chi connectivity index (χ3n) is 1.62. The van der Waals surface area contributed by atoms with E-state index in [2.05, 4.69) is 9.72 Å². The molecule has 0 fully saturated rings. The highest BCUT2D eigenvalue weighted by molar-refractivity contribution is 5.87. The molecule has 0 unspecified atom stereocenters. The minimum absolute atomic E-state index is 0.0861. The molecule has 0 aromatic carbocycles. The van der Waals surface area contributed by atoms with Crippen LogP contribution in [0.5, 0.6) is 5.88 Å². The molecule has 16 heavy (non-hydrogen) atoms. The van der Waals surface area contributed by atoms with Gasteiger partial charge in [-0.3, -0.25) is 0 Å². The lowest BCUT2D eigenvalue weighted by Crippen LogP contribution is -2.13. The summed E-state index contributed by atoms with van der Waals surface area (Å²) >= 11 is 0. The molecule has 1 aromatic rings. The van der Waals surface area contributed by atoms with Crippen molar-refractivity contribution in [1.29, 1.82) is 0 Å². The van der Waals surface area contributed by atoms with E-state index in [4.69, 9.17) is 5.11 Å². The Bertz CT molecular complexity index is 379. The molecule has 0 atom stereocenters. The first kappa shape index (κ1) is 12.3. The molecule has 0 saturated carbocycles. The summed E-state index contributed by atoms with van der Waals surface area (Å²) in [5, 5.41) is 8.60. The van der Waals surface area contributed by atoms with E-state index < -0.39 is 25.2 Å². The molecule has 1 heterocycles. The second-order valence-electron chi connectivity index (χ2n) is 2.90. The van der Waals surface area contributed by atoms with Gasteiger partial charge in [-0.2, -0.15) is 13.2 Å². The third-order valence-corrected chi connectivity index (χ3v) is 1.62. The number of hydrogen-bond donors (Lipinski definition) is 1. The van der Waals surface area contributed by atoms with Crippen molar-refractivity contribution in [2.24, 2.45) is 0 Å². The smallest absolute Gasteiger partial charge is 0.392 e. The SMILES string of the molecule is O=C(O)c1ccnc(OCCC(F)(F)F)c1. The van der Waals surface area contributed by atoms with E-state index in [1.54, 1.807) is 0 Å². The Hall–Kier alpha value is -1.79. The largest absolute Gasteiger partial charge is 0.478 e. The van der Waals surface area contributed by atoms with Crippen LogP contribution >= 0.6 is 0 Å². The Kier molecular flexibility index (Phi) is 3.70. The average Bonchev–Trinajstić information content (AvgIpc) is 2.16. The van der Waals surface area contributed by atoms with Gasteiger partial charge in [-0.05, 0) is 6.07 Å². The Balaban J connectivity index is 2.55. The zero-order valence-electron chi connectivity index (χ0n) is 7.99. The van der Waals surface area contributed by atoms with E-state index >= 15 is 0 Å². The number of ether oxygens (including phenoxy) is 1. The highest BCUT2D eigenvalue weighted by Gasteiger charge is 2.26. The van der Waals surface area contributed by atoms with Crippen LogP contribution in [0, 0.1) is 0 Å². The van der Waals surface area contributed by atoms with Gasteiger partial charge in [-0.25, -0.2) is 9.78 Å². The molecule has 0 bridgehead atoms. The van der Waals surface area contributed by atoms with Crippen LogP contribution in [0.3, 0.4) is 0 Å². The monoisotopic (exact) mass is 235 g/mol. The van der Waals surface area contributed by atoms with Gasteiger partial charge in [-0.15, -0.1) is 0 Å². The van der Waals surface area contributed by atoms with Crippen molar-refractivity contribution in [2.45, 2.75) is 12.6 Å². The summed E-state index contributed by atoms with van der Waals surface area (Å²) in [7, 11) is 0. The van der Waals surface area contributed by atoms with E-state index in [0.717, 1.165) is 12.3 Å². The summed E-state index contributed by atoms with van der Waals surface area (Å²) in [6.07, 6.45) is -4.25. The van der Waals surface area contributed by atoms with E-state index in [1.165, 1.54) is 6.07 Å². The number of halogens is 3. The molecule has 0 aliphatic carbocycles. The highest BCUT2D eigenvalue weighted by atomic mass is 19.4. The summed E-state index contributed by atoms with van der Waals surface area (Å²) in [5.41, 5.74) is -0.0861. The lowest BCUT2D eigenvalue weighted by molar-refractivity contribution is -0.139. The number of nitrogens with zero attached hydrogens (tertiary/aromatic N) is 1. The number of rotatable bonds is 4. The molecule has 0 radical (unpaired) electrons. The number of carboxylic acids is 1. The number of aromatic nitrogens is 1. The molecular formula is C9H8F3NO3. The highest BCUT2D eigenvalue weighted by Crippen LogP contribution is 2.19. The maximum absolute atomic E-state index is 11.8. The van der Waals surface area contributed by atoms with Gasteiger partial charge < -0.3 is 9.84 Å². The first-order valence-electron chi connectivity index (χ1n) is 4.27. The Labute approximate surface area is 88.7 Å². The van der Waals surface area contributed by atoms with Gasteiger partial charge in [-0.1, -0.05) is 0 Å². The van der Waals surface area contributed by atoms with Gasteiger partial charge in [0.2, 0.25) is 5.88 Å². The van der Waals surface area contributed by atoms with E-state index in [-0.39, 0.29) is 11.4 Å². The first-order valence-corrected chi connectivity index (χ1v) is 4.27. The van der Waals surface area contributed by atoms with Crippen LogP contribution in [0.1, 0.15) is 16.8 Å². The molecule has 4 nitrogen and oxygen atoms in total. The number of alkyl halides is 3. The van der Waals surface area contributed by atoms with Gasteiger partial charge in [0.05, 0.1) is 18.6 Å². The topological polar surface area (TPSA) is 59.4 Å². The second-order valence-corrected chi connectivity index (χ2v) is 2.90. The number of carbonyl (C=O) groups is 1. The molecule has 88 valence electrons. The second kappa shape index (κ2) is 4.82. The van der Waals surface area contributed by atoms with Crippen LogP contribution in [0.2, 0.25) is 0 Å². The van der Waals surface area contributed by atoms with Crippen molar-refractivity contribution in [2.75, 3.05) is 6.61 Å². The maximum Gasteiger partial charge on any atom is 0.392 e. The third kappa shape index (κ3) is 4.16. The van der Waals surface area contributed by atoms with Crippen molar-refractivity contribution in [3.8, 4) is 5.88 Å². The fourth-order valence-corrected chi connectivity index (χ4v) is 0.893. The van der Waals surface area contributed by atoms with Crippen LogP contribution in [0.4, 0.5) is 13.2 Å². The molecule has 0 saturated heterocycles. The van der Waals surface area contributed by atoms with Crippen LogP contribution in [0.25, 0.3) is 0 Å². The van der Waals surface area contributed by atoms with Crippen molar-refractivity contribution in [3.63, 3.8) is 0 Å². The summed E-state index contributed by atoms with van der Waals surface area (Å²) < 4.78 is 40.0. The normalized spacial score (nSPS) is 11.2. The minimum Gasteiger partial charge on any atom is -0.478 e. The van der Waals surface area contributed by atoms with Crippen molar-refractivity contribution in [1.82, 2.24) is 4.98 Å². The first-order chi connectivity index (χ1) is 7.38. The number of pyridine rings is 1. The van der Waals surface area contributed by atoms with Crippen LogP contribution < -0.4 is 4.74 Å². The fraction of sp³-hybridized carbons (Fsp3) is 0.333. The van der Waals surface area contributed by atoms with Crippen molar-refractivity contribution in [3.05, 3.63) is 23.9 Å². The summed E-state index contributed by atoms with van der Waals surface area (Å²) in [6, 6.07) is 2.29. The van der Waals surface area contributed by atoms with Gasteiger partial charge in [0.15, 0.2) is 0 Å². The van der Waals surface area contributed by atoms with Crippen LogP contribution in [0.15, 0.2) is 18.3 Å². The van der Waals surface area contributed by atoms with Crippen molar-refractivity contribution < 1.29 is 27.8 Å². The predicted octanol–water partition coefficient (Wildman–Crippen LogP) is 2.11. The van der Waals surface area contributed by atoms with E-state index in [9.17, 15) is 18.0 Å². The molecular weight excluding hydrogens is 227 g/mol. The number of hydrogen-bond acceptors (Lipinski definition) is 3. The van der Waals surface area contributed by atoms with Gasteiger partial charge in [0.25, 0.3) is 0 Å². The van der Waals surface area contributed by atoms with Crippen LogP contribution in [-0.2, 0) is 0 Å². The van der Waals surface area contributed by atoms with Gasteiger partial charge >= 0.3 is 12.1 Å². The molecule has 7 heteroatoms. The Morgan fingerprint density at radius 2 is 2.19 bits per heavy atom. The molecule has 0 amide bonds. The quantitative estimate of drug-likeness (QED) is 0.868. The summed E-state index contributed by atoms with van der Waals surface area (Å²) in [5.74, 6) is -1.33. The molecule has 0 spiro atoms. The van der Waals surface area contributed by atoms with E-state index in [1.807, 2.05) is 0 Å². The molecule has 1 rings (SSSR count). The maximum atomic E-state index is 11.8. The minimum atomic E-state index is -4.30. The predicted molar refractivity (Wildman–Crippen MR) is 47.4 cm³/mol. The lowest BCUT2D eigenvalue weighted by atomic mass is 10.3. The molecule has 1 N–H and O–H groups in total. The molecule has 1 aromatic heterocycles. The fourth-order valence-electron chi connectivity index (χ4n) is 0.893. The number of aromatic carboxylic acids is 1. The average molecular weight is 235 g/mol. The summed E-state index contributed by atoms with van der Waals surface area (Å²) in [6.45, 7) is -0.584. The molecule has 0 aliphatic heterocycles.